The van der Waals surface area contributed by atoms with Crippen LogP contribution in [-0.2, 0) is 10.0 Å². The number of rotatable bonds is 6. The lowest BCUT2D eigenvalue weighted by molar-refractivity contribution is 0.256. The van der Waals surface area contributed by atoms with Gasteiger partial charge in [-0.15, -0.1) is 11.3 Å². The van der Waals surface area contributed by atoms with Crippen molar-refractivity contribution in [3.8, 4) is 17.1 Å². The molecule has 0 aliphatic carbocycles. The fraction of sp³-hybridized carbons (Fsp3) is 0.0500. The maximum Gasteiger partial charge on any atom is 0.333 e. The van der Waals surface area contributed by atoms with Gasteiger partial charge < -0.3 is 10.6 Å². The topological polar surface area (TPSA) is 138 Å². The van der Waals surface area contributed by atoms with Gasteiger partial charge in [-0.05, 0) is 36.4 Å². The van der Waals surface area contributed by atoms with Gasteiger partial charge in [-0.3, -0.25) is 9.89 Å². The smallest absolute Gasteiger partial charge is 0.333 e. The van der Waals surface area contributed by atoms with Crippen LogP contribution in [0.15, 0.2) is 69.8 Å². The molecule has 4 aromatic rings. The molecular formula is C20H17ClN6O4S2. The Balaban J connectivity index is 1.48. The first-order valence-corrected chi connectivity index (χ1v) is 12.1. The number of aromatic nitrogens is 3. The van der Waals surface area contributed by atoms with Gasteiger partial charge >= 0.3 is 6.03 Å². The number of benzene rings is 1. The Morgan fingerprint density at radius 1 is 1.12 bits per heavy atom. The number of aromatic amines is 1. The molecule has 33 heavy (non-hydrogen) atoms. The standard InChI is InChI=1S/C20H17ClN6O4S2/c1-22-13-4-2-3-12(9-13)15-10-18(28)27(25-15)17-7-5-14(11-23-17)24-20(29)26-33(30,31)19-8-6-16(21)32-19/h2-11,22,25H,1H3,(H2,24,26,29). The summed E-state index contributed by atoms with van der Waals surface area (Å²) in [7, 11) is -2.24. The van der Waals surface area contributed by atoms with Crippen LogP contribution in [0.1, 0.15) is 0 Å². The van der Waals surface area contributed by atoms with Gasteiger partial charge in [0.2, 0.25) is 0 Å². The van der Waals surface area contributed by atoms with E-state index < -0.39 is 16.1 Å². The summed E-state index contributed by atoms with van der Waals surface area (Å²) in [6.07, 6.45) is 1.30. The number of carbonyl (C=O) groups is 1. The van der Waals surface area contributed by atoms with Crippen LogP contribution in [0.2, 0.25) is 4.34 Å². The van der Waals surface area contributed by atoms with Gasteiger partial charge in [-0.1, -0.05) is 23.7 Å². The Morgan fingerprint density at radius 3 is 2.61 bits per heavy atom. The second-order valence-electron chi connectivity index (χ2n) is 6.70. The highest BCUT2D eigenvalue weighted by Crippen LogP contribution is 2.25. The zero-order valence-electron chi connectivity index (χ0n) is 17.0. The highest BCUT2D eigenvalue weighted by Gasteiger charge is 2.20. The molecule has 0 bridgehead atoms. The number of halogens is 1. The van der Waals surface area contributed by atoms with Crippen molar-refractivity contribution in [2.24, 2.45) is 0 Å². The molecule has 4 rings (SSSR count). The number of pyridine rings is 1. The lowest BCUT2D eigenvalue weighted by atomic mass is 10.1. The highest BCUT2D eigenvalue weighted by atomic mass is 35.5. The molecule has 3 aromatic heterocycles. The number of urea groups is 1. The molecule has 3 heterocycles. The molecule has 0 saturated carbocycles. The second-order valence-corrected chi connectivity index (χ2v) is 10.3. The predicted molar refractivity (Wildman–Crippen MR) is 128 cm³/mol. The normalized spacial score (nSPS) is 11.2. The van der Waals surface area contributed by atoms with Crippen molar-refractivity contribution in [3.05, 3.63) is 75.5 Å². The Kier molecular flexibility index (Phi) is 6.22. The van der Waals surface area contributed by atoms with Crippen molar-refractivity contribution in [1.82, 2.24) is 19.5 Å². The number of sulfonamides is 1. The van der Waals surface area contributed by atoms with Gasteiger partial charge in [-0.25, -0.2) is 27.6 Å². The number of thiophene rings is 1. The molecule has 0 fully saturated rings. The molecule has 13 heteroatoms. The average Bonchev–Trinajstić information content (AvgIpc) is 3.40. The first-order chi connectivity index (χ1) is 15.7. The minimum atomic E-state index is -4.05. The Hall–Kier alpha value is -3.61. The quantitative estimate of drug-likeness (QED) is 0.317. The number of anilines is 2. The Labute approximate surface area is 197 Å². The van der Waals surface area contributed by atoms with E-state index in [0.717, 1.165) is 22.6 Å². The Bertz CT molecular complexity index is 1470. The predicted octanol–water partition coefficient (Wildman–Crippen LogP) is 3.49. The van der Waals surface area contributed by atoms with Crippen molar-refractivity contribution in [2.45, 2.75) is 4.21 Å². The van der Waals surface area contributed by atoms with Crippen molar-refractivity contribution in [3.63, 3.8) is 0 Å². The van der Waals surface area contributed by atoms with E-state index in [1.807, 2.05) is 29.0 Å². The largest absolute Gasteiger partial charge is 0.388 e. The average molecular weight is 505 g/mol. The fourth-order valence-electron chi connectivity index (χ4n) is 2.92. The van der Waals surface area contributed by atoms with Crippen LogP contribution in [0.4, 0.5) is 16.2 Å². The summed E-state index contributed by atoms with van der Waals surface area (Å²) in [5.74, 6) is 0.294. The zero-order valence-corrected chi connectivity index (χ0v) is 19.4. The van der Waals surface area contributed by atoms with E-state index in [1.54, 1.807) is 7.05 Å². The molecule has 0 saturated heterocycles. The lowest BCUT2D eigenvalue weighted by Crippen LogP contribution is -2.34. The maximum atomic E-state index is 12.4. The summed E-state index contributed by atoms with van der Waals surface area (Å²) in [5.41, 5.74) is 2.25. The van der Waals surface area contributed by atoms with E-state index in [4.69, 9.17) is 11.6 Å². The summed E-state index contributed by atoms with van der Waals surface area (Å²) in [5, 5.41) is 8.43. The third-order valence-electron chi connectivity index (χ3n) is 4.46. The lowest BCUT2D eigenvalue weighted by Gasteiger charge is -2.08. The van der Waals surface area contributed by atoms with Gasteiger partial charge in [0.15, 0.2) is 5.82 Å². The van der Waals surface area contributed by atoms with Crippen molar-refractivity contribution >= 4 is 50.4 Å². The summed E-state index contributed by atoms with van der Waals surface area (Å²) < 4.78 is 27.8. The van der Waals surface area contributed by atoms with Gasteiger partial charge in [0.25, 0.3) is 15.6 Å². The number of hydrogen-bond acceptors (Lipinski definition) is 7. The molecule has 0 aliphatic heterocycles. The van der Waals surface area contributed by atoms with Crippen LogP contribution < -0.4 is 20.9 Å². The number of H-pyrrole nitrogens is 1. The van der Waals surface area contributed by atoms with E-state index in [2.05, 4.69) is 20.7 Å². The van der Waals surface area contributed by atoms with Crippen LogP contribution in [0.5, 0.6) is 0 Å². The molecule has 4 N–H and O–H groups in total. The fourth-order valence-corrected chi connectivity index (χ4v) is 5.31. The van der Waals surface area contributed by atoms with Gasteiger partial charge in [0, 0.05) is 24.4 Å². The number of nitrogens with zero attached hydrogens (tertiary/aromatic N) is 2. The maximum absolute atomic E-state index is 12.4. The van der Waals surface area contributed by atoms with Gasteiger partial charge in [0.05, 0.1) is 21.9 Å². The number of hydrogen-bond donors (Lipinski definition) is 4. The Morgan fingerprint density at radius 2 is 1.94 bits per heavy atom. The summed E-state index contributed by atoms with van der Waals surface area (Å²) in [6.45, 7) is 0. The van der Waals surface area contributed by atoms with Crippen LogP contribution in [0.25, 0.3) is 17.1 Å². The van der Waals surface area contributed by atoms with Crippen LogP contribution in [-0.4, -0.2) is 36.3 Å². The summed E-state index contributed by atoms with van der Waals surface area (Å²) in [6, 6.07) is 13.8. The monoisotopic (exact) mass is 504 g/mol. The first kappa shape index (κ1) is 22.6. The molecular weight excluding hydrogens is 488 g/mol. The van der Waals surface area contributed by atoms with E-state index in [0.29, 0.717) is 11.5 Å². The molecule has 170 valence electrons. The van der Waals surface area contributed by atoms with E-state index in [-0.39, 0.29) is 19.8 Å². The highest BCUT2D eigenvalue weighted by molar-refractivity contribution is 7.92. The molecule has 0 aliphatic rings. The van der Waals surface area contributed by atoms with E-state index in [9.17, 15) is 18.0 Å². The summed E-state index contributed by atoms with van der Waals surface area (Å²) >= 11 is 6.58. The third-order valence-corrected chi connectivity index (χ3v) is 7.51. The number of amides is 2. The third kappa shape index (κ3) is 5.08. The SMILES string of the molecule is CNc1cccc(-c2cc(=O)n(-c3ccc(NC(=O)NS(=O)(=O)c4ccc(Cl)s4)cn3)[nH]2)c1. The molecule has 10 nitrogen and oxygen atoms in total. The minimum absolute atomic E-state index is 0.0849. The minimum Gasteiger partial charge on any atom is -0.388 e. The van der Waals surface area contributed by atoms with Gasteiger partial charge in [0.1, 0.15) is 4.21 Å². The van der Waals surface area contributed by atoms with Crippen LogP contribution in [0.3, 0.4) is 0 Å². The molecule has 0 spiro atoms. The first-order valence-electron chi connectivity index (χ1n) is 9.41. The molecule has 0 radical (unpaired) electrons. The van der Waals surface area contributed by atoms with Crippen molar-refractivity contribution < 1.29 is 13.2 Å². The molecule has 0 unspecified atom stereocenters. The van der Waals surface area contributed by atoms with Crippen LogP contribution >= 0.6 is 22.9 Å². The summed E-state index contributed by atoms with van der Waals surface area (Å²) in [4.78, 5) is 28.7. The van der Waals surface area contributed by atoms with E-state index >= 15 is 0 Å². The molecule has 0 atom stereocenters. The molecule has 2 amide bonds. The van der Waals surface area contributed by atoms with Gasteiger partial charge in [-0.2, -0.15) is 0 Å². The van der Waals surface area contributed by atoms with E-state index in [1.165, 1.54) is 41.2 Å². The second kappa shape index (κ2) is 9.10. The number of carbonyl (C=O) groups excluding carboxylic acids is 1. The van der Waals surface area contributed by atoms with Crippen molar-refractivity contribution in [2.75, 3.05) is 17.7 Å². The van der Waals surface area contributed by atoms with Crippen LogP contribution in [0, 0.1) is 0 Å². The van der Waals surface area contributed by atoms with Crippen molar-refractivity contribution in [1.29, 1.82) is 0 Å². The zero-order chi connectivity index (χ0) is 23.6. The molecule has 1 aromatic carbocycles. The number of nitrogens with one attached hydrogen (secondary N) is 4.